The lowest BCUT2D eigenvalue weighted by Crippen LogP contribution is -2.25. The second kappa shape index (κ2) is 7.20. The van der Waals surface area contributed by atoms with Gasteiger partial charge in [-0.2, -0.15) is 0 Å². The quantitative estimate of drug-likeness (QED) is 0.434. The molecular formula is C27H29N5. The molecule has 2 heterocycles. The van der Waals surface area contributed by atoms with Crippen LogP contribution in [0.1, 0.15) is 22.3 Å². The van der Waals surface area contributed by atoms with Crippen LogP contribution in [0.25, 0.3) is 4.85 Å². The molecule has 2 aliphatic heterocycles. The predicted octanol–water partition coefficient (Wildman–Crippen LogP) is 6.56. The first-order chi connectivity index (χ1) is 15.3. The zero-order valence-electron chi connectivity index (χ0n) is 19.7. The Hall–Kier alpha value is -3.65. The molecule has 5 rings (SSSR count). The molecule has 3 aromatic rings. The maximum absolute atomic E-state index is 7.74. The number of aryl methyl sites for hydroxylation is 4. The Morgan fingerprint density at radius 1 is 0.594 bits per heavy atom. The van der Waals surface area contributed by atoms with Crippen LogP contribution in [-0.2, 0) is 0 Å². The van der Waals surface area contributed by atoms with Gasteiger partial charge in [-0.25, -0.2) is 4.85 Å². The molecule has 162 valence electrons. The third kappa shape index (κ3) is 3.06. The third-order valence-electron chi connectivity index (χ3n) is 6.93. The van der Waals surface area contributed by atoms with E-state index in [2.05, 4.69) is 96.6 Å². The van der Waals surface area contributed by atoms with Crippen LogP contribution in [0.5, 0.6) is 0 Å². The van der Waals surface area contributed by atoms with Gasteiger partial charge in [-0.1, -0.05) is 0 Å². The third-order valence-corrected chi connectivity index (χ3v) is 6.93. The van der Waals surface area contributed by atoms with Gasteiger partial charge in [0.05, 0.1) is 42.7 Å². The molecule has 5 heteroatoms. The van der Waals surface area contributed by atoms with Gasteiger partial charge < -0.3 is 19.6 Å². The molecular weight excluding hydrogens is 394 g/mol. The molecule has 0 aliphatic carbocycles. The first kappa shape index (κ1) is 20.3. The fourth-order valence-corrected chi connectivity index (χ4v) is 4.74. The summed E-state index contributed by atoms with van der Waals surface area (Å²) in [4.78, 5) is 13.0. The number of benzene rings is 3. The van der Waals surface area contributed by atoms with Crippen molar-refractivity contribution in [2.24, 2.45) is 0 Å². The van der Waals surface area contributed by atoms with Crippen LogP contribution in [0.2, 0.25) is 0 Å². The molecule has 0 atom stereocenters. The van der Waals surface area contributed by atoms with Crippen molar-refractivity contribution in [1.82, 2.24) is 0 Å². The lowest BCUT2D eigenvalue weighted by atomic mass is 10.1. The molecule has 0 amide bonds. The van der Waals surface area contributed by atoms with E-state index in [1.807, 2.05) is 12.1 Å². The summed E-state index contributed by atoms with van der Waals surface area (Å²) in [5.74, 6) is 0. The fraction of sp³-hybridized carbons (Fsp3) is 0.296. The van der Waals surface area contributed by atoms with Crippen molar-refractivity contribution in [2.45, 2.75) is 27.7 Å². The van der Waals surface area contributed by atoms with Gasteiger partial charge in [-0.05, 0) is 92.4 Å². The van der Waals surface area contributed by atoms with Crippen molar-refractivity contribution in [3.05, 3.63) is 76.1 Å². The summed E-state index contributed by atoms with van der Waals surface area (Å²) < 4.78 is 0. The second-order valence-corrected chi connectivity index (χ2v) is 9.20. The molecule has 0 saturated carbocycles. The SMILES string of the molecule is [C-]#[N+]c1cc(N2CN(C)c3cc(C)c(C)cc32)cc(N2CN(C)c3cc(C)c(C)cc32)c1. The Bertz CT molecular complexity index is 1200. The van der Waals surface area contributed by atoms with Gasteiger partial charge in [0.2, 0.25) is 0 Å². The van der Waals surface area contributed by atoms with Crippen molar-refractivity contribution in [3.8, 4) is 0 Å². The summed E-state index contributed by atoms with van der Waals surface area (Å²) in [5.41, 5.74) is 12.8. The standard InChI is InChI=1S/C27H29N5/c1-17-8-24-26(10-19(17)3)31(15-29(24)6)22-12-21(28-5)13-23(14-22)32-16-30(7)25-9-18(2)20(4)11-27(25)32/h8-14H,15-16H2,1-4,6-7H3. The maximum atomic E-state index is 7.74. The molecule has 0 N–H and O–H groups in total. The molecule has 0 radical (unpaired) electrons. The summed E-state index contributed by atoms with van der Waals surface area (Å²) in [5, 5.41) is 0. The fourth-order valence-electron chi connectivity index (χ4n) is 4.74. The average Bonchev–Trinajstić information content (AvgIpc) is 3.25. The van der Waals surface area contributed by atoms with E-state index >= 15 is 0 Å². The summed E-state index contributed by atoms with van der Waals surface area (Å²) in [6.07, 6.45) is 0. The summed E-state index contributed by atoms with van der Waals surface area (Å²) >= 11 is 0. The lowest BCUT2D eigenvalue weighted by molar-refractivity contribution is 0.940. The minimum absolute atomic E-state index is 0.664. The Balaban J connectivity index is 1.62. The molecule has 2 aliphatic rings. The minimum atomic E-state index is 0.664. The molecule has 0 spiro atoms. The van der Waals surface area contributed by atoms with E-state index in [0.717, 1.165) is 24.7 Å². The molecule has 0 unspecified atom stereocenters. The highest BCUT2D eigenvalue weighted by Gasteiger charge is 2.29. The highest BCUT2D eigenvalue weighted by molar-refractivity contribution is 5.89. The molecule has 0 fully saturated rings. The van der Waals surface area contributed by atoms with Gasteiger partial charge >= 0.3 is 0 Å². The van der Waals surface area contributed by atoms with E-state index in [1.54, 1.807) is 0 Å². The molecule has 5 nitrogen and oxygen atoms in total. The summed E-state index contributed by atoms with van der Waals surface area (Å²) in [6.45, 7) is 17.9. The number of fused-ring (bicyclic) bond motifs is 2. The number of nitrogens with zero attached hydrogens (tertiary/aromatic N) is 5. The molecule has 0 saturated heterocycles. The molecule has 3 aromatic carbocycles. The van der Waals surface area contributed by atoms with E-state index in [0.29, 0.717) is 5.69 Å². The van der Waals surface area contributed by atoms with E-state index in [4.69, 9.17) is 6.57 Å². The maximum Gasteiger partial charge on any atom is 0.191 e. The van der Waals surface area contributed by atoms with E-state index in [9.17, 15) is 0 Å². The first-order valence-corrected chi connectivity index (χ1v) is 11.0. The monoisotopic (exact) mass is 423 g/mol. The average molecular weight is 424 g/mol. The topological polar surface area (TPSA) is 17.3 Å². The molecule has 0 aromatic heterocycles. The van der Waals surface area contributed by atoms with E-state index in [1.165, 1.54) is 45.0 Å². The number of hydrogen-bond acceptors (Lipinski definition) is 4. The highest BCUT2D eigenvalue weighted by atomic mass is 15.4. The van der Waals surface area contributed by atoms with E-state index < -0.39 is 0 Å². The Kier molecular flexibility index (Phi) is 4.56. The first-order valence-electron chi connectivity index (χ1n) is 11.0. The Morgan fingerprint density at radius 3 is 1.34 bits per heavy atom. The zero-order valence-corrected chi connectivity index (χ0v) is 19.7. The number of hydrogen-bond donors (Lipinski definition) is 0. The Labute approximate surface area is 190 Å². The van der Waals surface area contributed by atoms with Crippen molar-refractivity contribution in [1.29, 1.82) is 0 Å². The molecule has 32 heavy (non-hydrogen) atoms. The normalized spacial score (nSPS) is 14.7. The van der Waals surface area contributed by atoms with Gasteiger partial charge in [0.15, 0.2) is 5.69 Å². The van der Waals surface area contributed by atoms with Crippen LogP contribution < -0.4 is 19.6 Å². The van der Waals surface area contributed by atoms with Gasteiger partial charge in [0.25, 0.3) is 0 Å². The minimum Gasteiger partial charge on any atom is -0.355 e. The van der Waals surface area contributed by atoms with Crippen LogP contribution in [-0.4, -0.2) is 27.4 Å². The van der Waals surface area contributed by atoms with Crippen LogP contribution in [0, 0.1) is 34.3 Å². The Morgan fingerprint density at radius 2 is 0.969 bits per heavy atom. The zero-order chi connectivity index (χ0) is 22.7. The predicted molar refractivity (Wildman–Crippen MR) is 135 cm³/mol. The smallest absolute Gasteiger partial charge is 0.191 e. The largest absolute Gasteiger partial charge is 0.355 e. The summed E-state index contributed by atoms with van der Waals surface area (Å²) in [6, 6.07) is 15.3. The van der Waals surface area contributed by atoms with Crippen LogP contribution >= 0.6 is 0 Å². The molecule has 0 bridgehead atoms. The lowest BCUT2D eigenvalue weighted by Gasteiger charge is -2.25. The van der Waals surface area contributed by atoms with Gasteiger partial charge in [-0.3, -0.25) is 0 Å². The highest BCUT2D eigenvalue weighted by Crippen LogP contribution is 2.46. The van der Waals surface area contributed by atoms with Crippen LogP contribution in [0.4, 0.5) is 39.8 Å². The van der Waals surface area contributed by atoms with Gasteiger partial charge in [-0.15, -0.1) is 0 Å². The van der Waals surface area contributed by atoms with Crippen LogP contribution in [0.15, 0.2) is 42.5 Å². The number of anilines is 6. The summed E-state index contributed by atoms with van der Waals surface area (Å²) in [7, 11) is 4.26. The van der Waals surface area contributed by atoms with Crippen LogP contribution in [0.3, 0.4) is 0 Å². The number of rotatable bonds is 2. The van der Waals surface area contributed by atoms with Crippen molar-refractivity contribution in [3.63, 3.8) is 0 Å². The van der Waals surface area contributed by atoms with Crippen molar-refractivity contribution < 1.29 is 0 Å². The van der Waals surface area contributed by atoms with Gasteiger partial charge in [0.1, 0.15) is 0 Å². The van der Waals surface area contributed by atoms with E-state index in [-0.39, 0.29) is 0 Å². The second-order valence-electron chi connectivity index (χ2n) is 9.20. The van der Waals surface area contributed by atoms with Gasteiger partial charge in [0, 0.05) is 25.5 Å². The van der Waals surface area contributed by atoms with Crippen molar-refractivity contribution in [2.75, 3.05) is 47.0 Å². The van der Waals surface area contributed by atoms with Crippen molar-refractivity contribution >= 4 is 39.8 Å².